The molecule has 0 saturated carbocycles. The van der Waals surface area contributed by atoms with E-state index in [-0.39, 0.29) is 18.1 Å². The summed E-state index contributed by atoms with van der Waals surface area (Å²) >= 11 is 0. The van der Waals surface area contributed by atoms with Crippen LogP contribution >= 0.6 is 0 Å². The molecule has 0 aliphatic heterocycles. The van der Waals surface area contributed by atoms with Crippen LogP contribution in [0.5, 0.6) is 17.2 Å². The van der Waals surface area contributed by atoms with E-state index in [1.54, 1.807) is 49.6 Å². The summed E-state index contributed by atoms with van der Waals surface area (Å²) in [7, 11) is 3.00. The maximum atomic E-state index is 11.8. The van der Waals surface area contributed by atoms with E-state index in [9.17, 15) is 14.7 Å². The van der Waals surface area contributed by atoms with Gasteiger partial charge in [0.25, 0.3) is 0 Å². The molecule has 2 rings (SSSR count). The van der Waals surface area contributed by atoms with Gasteiger partial charge in [0.2, 0.25) is 0 Å². The number of methoxy groups -OCH3 is 2. The molecule has 0 atom stereocenters. The first-order chi connectivity index (χ1) is 13.0. The molecule has 0 radical (unpaired) electrons. The van der Waals surface area contributed by atoms with Gasteiger partial charge in [-0.25, -0.2) is 4.79 Å². The molecule has 2 aromatic carbocycles. The molecule has 0 unspecified atom stereocenters. The minimum absolute atomic E-state index is 0.0118. The summed E-state index contributed by atoms with van der Waals surface area (Å²) < 4.78 is 15.0. The Morgan fingerprint density at radius 3 is 2.44 bits per heavy atom. The van der Waals surface area contributed by atoms with E-state index < -0.39 is 5.97 Å². The summed E-state index contributed by atoms with van der Waals surface area (Å²) in [6.07, 6.45) is 5.67. The fraction of sp³-hybridized carbons (Fsp3) is 0.143. The van der Waals surface area contributed by atoms with E-state index in [1.165, 1.54) is 25.3 Å². The normalized spacial score (nSPS) is 10.9. The third-order valence-corrected chi connectivity index (χ3v) is 3.53. The predicted molar refractivity (Wildman–Crippen MR) is 102 cm³/mol. The molecule has 1 N–H and O–H groups in total. The summed E-state index contributed by atoms with van der Waals surface area (Å²) in [5.74, 6) is 0.00387. The maximum Gasteiger partial charge on any atom is 0.331 e. The van der Waals surface area contributed by atoms with Crippen molar-refractivity contribution in [2.24, 2.45) is 0 Å². The molecule has 0 spiro atoms. The maximum absolute atomic E-state index is 11.8. The Labute approximate surface area is 157 Å². The van der Waals surface area contributed by atoms with Gasteiger partial charge in [-0.2, -0.15) is 0 Å². The highest BCUT2D eigenvalue weighted by Gasteiger charge is 2.04. The van der Waals surface area contributed by atoms with Crippen LogP contribution < -0.4 is 9.47 Å². The summed E-state index contributed by atoms with van der Waals surface area (Å²) in [6, 6.07) is 11.9. The number of phenols is 1. The number of esters is 1. The number of hydrogen-bond acceptors (Lipinski definition) is 6. The van der Waals surface area contributed by atoms with Crippen LogP contribution in [0.1, 0.15) is 11.1 Å². The Morgan fingerprint density at radius 2 is 1.70 bits per heavy atom. The second-order valence-corrected chi connectivity index (χ2v) is 5.45. The van der Waals surface area contributed by atoms with Crippen LogP contribution in [0, 0.1) is 0 Å². The molecule has 140 valence electrons. The zero-order valence-electron chi connectivity index (χ0n) is 15.0. The molecule has 0 amide bonds. The van der Waals surface area contributed by atoms with E-state index in [1.807, 2.05) is 6.07 Å². The molecule has 6 nitrogen and oxygen atoms in total. The molecule has 0 saturated heterocycles. The van der Waals surface area contributed by atoms with E-state index in [4.69, 9.17) is 14.2 Å². The second-order valence-electron chi connectivity index (χ2n) is 5.45. The zero-order valence-corrected chi connectivity index (χ0v) is 15.0. The van der Waals surface area contributed by atoms with Gasteiger partial charge in [-0.15, -0.1) is 0 Å². The lowest BCUT2D eigenvalue weighted by atomic mass is 10.1. The number of hydrogen-bond donors (Lipinski definition) is 1. The van der Waals surface area contributed by atoms with Gasteiger partial charge in [-0.1, -0.05) is 24.3 Å². The average Bonchev–Trinajstić information content (AvgIpc) is 2.70. The van der Waals surface area contributed by atoms with Crippen molar-refractivity contribution in [1.82, 2.24) is 0 Å². The fourth-order valence-corrected chi connectivity index (χ4v) is 2.13. The van der Waals surface area contributed by atoms with E-state index in [0.29, 0.717) is 17.1 Å². The zero-order chi connectivity index (χ0) is 19.6. The molecule has 0 bridgehead atoms. The fourth-order valence-electron chi connectivity index (χ4n) is 2.13. The van der Waals surface area contributed by atoms with Crippen molar-refractivity contribution in [1.29, 1.82) is 0 Å². The molecule has 0 aromatic heterocycles. The first-order valence-electron chi connectivity index (χ1n) is 8.08. The first-order valence-corrected chi connectivity index (χ1v) is 8.08. The highest BCUT2D eigenvalue weighted by atomic mass is 16.5. The lowest BCUT2D eigenvalue weighted by Gasteiger charge is -2.03. The van der Waals surface area contributed by atoms with Crippen molar-refractivity contribution in [3.05, 3.63) is 65.7 Å². The monoisotopic (exact) mass is 368 g/mol. The number of benzene rings is 2. The van der Waals surface area contributed by atoms with Crippen LogP contribution in [0.25, 0.3) is 12.2 Å². The van der Waals surface area contributed by atoms with E-state index in [2.05, 4.69) is 0 Å². The Morgan fingerprint density at radius 1 is 0.963 bits per heavy atom. The Kier molecular flexibility index (Phi) is 7.19. The van der Waals surface area contributed by atoms with Gasteiger partial charge in [-0.05, 0) is 47.5 Å². The molecule has 2 aromatic rings. The first kappa shape index (κ1) is 19.8. The van der Waals surface area contributed by atoms with Gasteiger partial charge in [0.15, 0.2) is 23.9 Å². The minimum Gasteiger partial charge on any atom is -0.504 e. The van der Waals surface area contributed by atoms with Crippen LogP contribution in [0.2, 0.25) is 0 Å². The largest absolute Gasteiger partial charge is 0.504 e. The predicted octanol–water partition coefficient (Wildman–Crippen LogP) is 3.25. The van der Waals surface area contributed by atoms with Gasteiger partial charge in [0.1, 0.15) is 5.75 Å². The number of ketones is 1. The molecule has 6 heteroatoms. The summed E-state index contributed by atoms with van der Waals surface area (Å²) in [6.45, 7) is -0.368. The van der Waals surface area contributed by atoms with Crippen molar-refractivity contribution in [2.45, 2.75) is 0 Å². The highest BCUT2D eigenvalue weighted by Crippen LogP contribution is 2.26. The van der Waals surface area contributed by atoms with Crippen molar-refractivity contribution < 1.29 is 28.9 Å². The van der Waals surface area contributed by atoms with Crippen molar-refractivity contribution in [3.8, 4) is 17.2 Å². The molecule has 0 aliphatic carbocycles. The lowest BCUT2D eigenvalue weighted by Crippen LogP contribution is -2.09. The number of ether oxygens (including phenoxy) is 3. The summed E-state index contributed by atoms with van der Waals surface area (Å²) in [5.41, 5.74) is 1.45. The molecule has 27 heavy (non-hydrogen) atoms. The smallest absolute Gasteiger partial charge is 0.331 e. The summed E-state index contributed by atoms with van der Waals surface area (Å²) in [4.78, 5) is 23.5. The second kappa shape index (κ2) is 9.82. The van der Waals surface area contributed by atoms with Crippen LogP contribution in [0.15, 0.2) is 54.6 Å². The number of carbonyl (C=O) groups is 2. The van der Waals surface area contributed by atoms with Crippen LogP contribution in [0.3, 0.4) is 0 Å². The summed E-state index contributed by atoms with van der Waals surface area (Å²) in [5, 5.41) is 9.53. The Hall–Kier alpha value is -3.54. The average molecular weight is 368 g/mol. The third-order valence-electron chi connectivity index (χ3n) is 3.53. The third kappa shape index (κ3) is 6.36. The standard InChI is InChI=1S/C21H20O6/c1-25-18-5-3-4-15(12-18)8-11-21(24)27-14-17(22)9-6-16-7-10-19(23)20(13-16)26-2/h3-13,23H,14H2,1-2H3/b9-6+,11-8+. The molecular formula is C21H20O6. The van der Waals surface area contributed by atoms with Crippen LogP contribution in [-0.4, -0.2) is 37.7 Å². The topological polar surface area (TPSA) is 82.1 Å². The van der Waals surface area contributed by atoms with Crippen LogP contribution in [0.4, 0.5) is 0 Å². The number of aromatic hydroxyl groups is 1. The lowest BCUT2D eigenvalue weighted by molar-refractivity contribution is -0.141. The van der Waals surface area contributed by atoms with Crippen LogP contribution in [-0.2, 0) is 14.3 Å². The van der Waals surface area contributed by atoms with Gasteiger partial charge in [-0.3, -0.25) is 4.79 Å². The SMILES string of the molecule is COc1cccc(/C=C/C(=O)OCC(=O)/C=C/c2ccc(O)c(OC)c2)c1. The van der Waals surface area contributed by atoms with E-state index >= 15 is 0 Å². The molecule has 0 fully saturated rings. The highest BCUT2D eigenvalue weighted by molar-refractivity contribution is 5.96. The van der Waals surface area contributed by atoms with Gasteiger partial charge >= 0.3 is 5.97 Å². The van der Waals surface area contributed by atoms with Crippen molar-refractivity contribution in [3.63, 3.8) is 0 Å². The molecule has 0 aliphatic rings. The minimum atomic E-state index is -0.620. The Balaban J connectivity index is 1.85. The number of phenolic OH excluding ortho intramolecular Hbond substituents is 1. The molecule has 0 heterocycles. The van der Waals surface area contributed by atoms with Gasteiger partial charge in [0.05, 0.1) is 14.2 Å². The van der Waals surface area contributed by atoms with Gasteiger partial charge < -0.3 is 19.3 Å². The van der Waals surface area contributed by atoms with Gasteiger partial charge in [0, 0.05) is 6.08 Å². The Bertz CT molecular complexity index is 867. The van der Waals surface area contributed by atoms with Crippen molar-refractivity contribution in [2.75, 3.05) is 20.8 Å². The number of rotatable bonds is 8. The van der Waals surface area contributed by atoms with E-state index in [0.717, 1.165) is 5.56 Å². The molecular weight excluding hydrogens is 348 g/mol. The number of carbonyl (C=O) groups excluding carboxylic acids is 2. The quantitative estimate of drug-likeness (QED) is 0.569. The van der Waals surface area contributed by atoms with Crippen molar-refractivity contribution >= 4 is 23.9 Å².